The Balaban J connectivity index is 1.40. The van der Waals surface area contributed by atoms with Gasteiger partial charge in [0.1, 0.15) is 18.0 Å². The van der Waals surface area contributed by atoms with Gasteiger partial charge in [-0.05, 0) is 36.4 Å². The van der Waals surface area contributed by atoms with Crippen molar-refractivity contribution in [1.29, 1.82) is 0 Å². The Hall–Kier alpha value is -2.86. The predicted molar refractivity (Wildman–Crippen MR) is 121 cm³/mol. The highest BCUT2D eigenvalue weighted by atomic mass is 19.4. The van der Waals surface area contributed by atoms with E-state index in [0.717, 1.165) is 12.1 Å². The maximum absolute atomic E-state index is 13.1. The van der Waals surface area contributed by atoms with Crippen LogP contribution in [0.4, 0.5) is 18.9 Å². The molecule has 2 heterocycles. The first-order valence-electron chi connectivity index (χ1n) is 11.4. The predicted octanol–water partition coefficient (Wildman–Crippen LogP) is 1.45. The van der Waals surface area contributed by atoms with Gasteiger partial charge in [-0.2, -0.15) is 13.2 Å². The first-order chi connectivity index (χ1) is 16.7. The van der Waals surface area contributed by atoms with E-state index < -0.39 is 48.6 Å². The number of carbonyl (C=O) groups excluding carboxylic acids is 1. The Labute approximate surface area is 200 Å². The lowest BCUT2D eigenvalue weighted by atomic mass is 10.0. The van der Waals surface area contributed by atoms with Gasteiger partial charge in [0.05, 0.1) is 24.3 Å². The molecule has 0 spiro atoms. The van der Waals surface area contributed by atoms with Gasteiger partial charge in [0.2, 0.25) is 0 Å². The summed E-state index contributed by atoms with van der Waals surface area (Å²) in [6.45, 7) is 1.47. The topological polar surface area (TPSA) is 106 Å². The van der Waals surface area contributed by atoms with Crippen molar-refractivity contribution < 1.29 is 38.0 Å². The number of ether oxygens (including phenoxy) is 1. The number of aliphatic hydroxyl groups excluding tert-OH is 2. The van der Waals surface area contributed by atoms with Gasteiger partial charge in [-0.25, -0.2) is 0 Å². The Morgan fingerprint density at radius 2 is 1.77 bits per heavy atom. The molecule has 8 nitrogen and oxygen atoms in total. The molecule has 4 N–H and O–H groups in total. The summed E-state index contributed by atoms with van der Waals surface area (Å²) in [7, 11) is 0. The number of aliphatic hydroxyl groups is 2. The fourth-order valence-corrected chi connectivity index (χ4v) is 4.70. The standard InChI is InChI=1S/C24H28F3N3O5/c25-24(26,27)16-4-2-5-17(12-16)29-7-9-30(10-8-29)21-19(35-20(14-31)22(21)33)13-28-23(34)15-3-1-6-18(32)11-15/h1-6,11-12,19-22,31-33H,7-10,13-14H2,(H,28,34). The fourth-order valence-electron chi connectivity index (χ4n) is 4.70. The largest absolute Gasteiger partial charge is 0.508 e. The van der Waals surface area contributed by atoms with Crippen LogP contribution in [-0.4, -0.2) is 89.8 Å². The van der Waals surface area contributed by atoms with Crippen LogP contribution in [0.2, 0.25) is 0 Å². The van der Waals surface area contributed by atoms with Crippen LogP contribution in [0.1, 0.15) is 15.9 Å². The van der Waals surface area contributed by atoms with Gasteiger partial charge >= 0.3 is 6.18 Å². The maximum atomic E-state index is 13.1. The molecule has 11 heteroatoms. The summed E-state index contributed by atoms with van der Waals surface area (Å²) in [4.78, 5) is 16.3. The third-order valence-corrected chi connectivity index (χ3v) is 6.49. The highest BCUT2D eigenvalue weighted by Gasteiger charge is 2.46. The molecule has 2 saturated heterocycles. The number of hydrogen-bond acceptors (Lipinski definition) is 7. The molecule has 2 fully saturated rings. The van der Waals surface area contributed by atoms with E-state index in [-0.39, 0.29) is 17.9 Å². The second kappa shape index (κ2) is 10.4. The van der Waals surface area contributed by atoms with Crippen molar-refractivity contribution in [3.05, 3.63) is 59.7 Å². The molecular formula is C24H28F3N3O5. The molecule has 0 bridgehead atoms. The van der Waals surface area contributed by atoms with Crippen molar-refractivity contribution in [2.45, 2.75) is 30.5 Å². The molecule has 2 aliphatic rings. The van der Waals surface area contributed by atoms with Crippen molar-refractivity contribution in [2.75, 3.05) is 44.2 Å². The van der Waals surface area contributed by atoms with Crippen LogP contribution in [-0.2, 0) is 10.9 Å². The number of rotatable bonds is 6. The molecular weight excluding hydrogens is 467 g/mol. The summed E-state index contributed by atoms with van der Waals surface area (Å²) in [5.74, 6) is -0.457. The minimum Gasteiger partial charge on any atom is -0.508 e. The number of nitrogens with one attached hydrogen (secondary N) is 1. The molecule has 0 saturated carbocycles. The molecule has 0 aliphatic carbocycles. The Morgan fingerprint density at radius 1 is 1.06 bits per heavy atom. The number of halogens is 3. The average molecular weight is 495 g/mol. The zero-order chi connectivity index (χ0) is 25.2. The fraction of sp³-hybridized carbons (Fsp3) is 0.458. The third-order valence-electron chi connectivity index (χ3n) is 6.49. The van der Waals surface area contributed by atoms with Gasteiger partial charge in [-0.1, -0.05) is 12.1 Å². The number of nitrogens with zero attached hydrogens (tertiary/aromatic N) is 2. The number of carbonyl (C=O) groups is 1. The van der Waals surface area contributed by atoms with Crippen LogP contribution in [0.3, 0.4) is 0 Å². The van der Waals surface area contributed by atoms with Crippen LogP contribution in [0.15, 0.2) is 48.5 Å². The molecule has 2 aromatic carbocycles. The van der Waals surface area contributed by atoms with E-state index in [4.69, 9.17) is 4.74 Å². The molecule has 1 amide bonds. The average Bonchev–Trinajstić information content (AvgIpc) is 3.17. The van der Waals surface area contributed by atoms with Crippen molar-refractivity contribution >= 4 is 11.6 Å². The highest BCUT2D eigenvalue weighted by molar-refractivity contribution is 5.94. The lowest BCUT2D eigenvalue weighted by Crippen LogP contribution is -2.57. The monoisotopic (exact) mass is 495 g/mol. The Bertz CT molecular complexity index is 1030. The minimum absolute atomic E-state index is 0.0398. The summed E-state index contributed by atoms with van der Waals surface area (Å²) in [5.41, 5.74) is 0.0461. The molecule has 0 aromatic heterocycles. The number of aromatic hydroxyl groups is 1. The van der Waals surface area contributed by atoms with Crippen LogP contribution < -0.4 is 10.2 Å². The van der Waals surface area contributed by atoms with Gasteiger partial charge in [0, 0.05) is 44.0 Å². The zero-order valence-electron chi connectivity index (χ0n) is 18.9. The molecule has 35 heavy (non-hydrogen) atoms. The van der Waals surface area contributed by atoms with Crippen LogP contribution in [0.25, 0.3) is 0 Å². The van der Waals surface area contributed by atoms with Crippen LogP contribution in [0, 0.1) is 0 Å². The first-order valence-corrected chi connectivity index (χ1v) is 11.4. The second-order valence-corrected chi connectivity index (χ2v) is 8.71. The molecule has 4 unspecified atom stereocenters. The molecule has 4 atom stereocenters. The number of alkyl halides is 3. The summed E-state index contributed by atoms with van der Waals surface area (Å²) < 4.78 is 45.1. The lowest BCUT2D eigenvalue weighted by Gasteiger charge is -2.41. The quantitative estimate of drug-likeness (QED) is 0.481. The van der Waals surface area contributed by atoms with Crippen molar-refractivity contribution in [2.24, 2.45) is 0 Å². The van der Waals surface area contributed by atoms with E-state index >= 15 is 0 Å². The lowest BCUT2D eigenvalue weighted by molar-refractivity contribution is -0.137. The third kappa shape index (κ3) is 5.69. The van der Waals surface area contributed by atoms with E-state index in [1.165, 1.54) is 18.2 Å². The summed E-state index contributed by atoms with van der Waals surface area (Å²) in [6, 6.07) is 10.6. The van der Waals surface area contributed by atoms with Gasteiger partial charge in [0.25, 0.3) is 5.91 Å². The second-order valence-electron chi connectivity index (χ2n) is 8.71. The normalized spacial score (nSPS) is 25.6. The van der Waals surface area contributed by atoms with Crippen molar-refractivity contribution in [3.63, 3.8) is 0 Å². The first kappa shape index (κ1) is 25.2. The van der Waals surface area contributed by atoms with Crippen LogP contribution in [0.5, 0.6) is 5.75 Å². The number of anilines is 1. The Morgan fingerprint density at radius 3 is 2.43 bits per heavy atom. The molecule has 2 aromatic rings. The van der Waals surface area contributed by atoms with Gasteiger partial charge < -0.3 is 30.3 Å². The summed E-state index contributed by atoms with van der Waals surface area (Å²) >= 11 is 0. The van der Waals surface area contributed by atoms with E-state index in [0.29, 0.717) is 31.9 Å². The minimum atomic E-state index is -4.42. The molecule has 0 radical (unpaired) electrons. The van der Waals surface area contributed by atoms with E-state index in [1.807, 2.05) is 9.80 Å². The van der Waals surface area contributed by atoms with Gasteiger partial charge in [0.15, 0.2) is 0 Å². The number of hydrogen-bond donors (Lipinski definition) is 4. The number of amides is 1. The Kier molecular flexibility index (Phi) is 7.50. The number of phenolic OH excluding ortho intramolecular Hbond substituents is 1. The number of benzene rings is 2. The number of phenols is 1. The van der Waals surface area contributed by atoms with Crippen molar-refractivity contribution in [1.82, 2.24) is 10.2 Å². The maximum Gasteiger partial charge on any atom is 0.416 e. The van der Waals surface area contributed by atoms with Gasteiger partial charge in [-0.3, -0.25) is 9.69 Å². The molecule has 190 valence electrons. The van der Waals surface area contributed by atoms with E-state index in [9.17, 15) is 33.3 Å². The molecule has 2 aliphatic heterocycles. The summed E-state index contributed by atoms with van der Waals surface area (Å²) in [5, 5.41) is 32.7. The summed E-state index contributed by atoms with van der Waals surface area (Å²) in [6.07, 6.45) is -6.84. The van der Waals surface area contributed by atoms with Crippen molar-refractivity contribution in [3.8, 4) is 5.75 Å². The zero-order valence-corrected chi connectivity index (χ0v) is 18.9. The molecule has 4 rings (SSSR count). The number of piperazine rings is 1. The highest BCUT2D eigenvalue weighted by Crippen LogP contribution is 2.32. The van der Waals surface area contributed by atoms with E-state index in [2.05, 4.69) is 5.32 Å². The SMILES string of the molecule is O=C(NCC1OC(CO)C(O)C1N1CCN(c2cccc(C(F)(F)F)c2)CC1)c1cccc(O)c1. The smallest absolute Gasteiger partial charge is 0.416 e. The van der Waals surface area contributed by atoms with E-state index in [1.54, 1.807) is 18.2 Å². The van der Waals surface area contributed by atoms with Crippen LogP contribution >= 0.6 is 0 Å². The van der Waals surface area contributed by atoms with Gasteiger partial charge in [-0.15, -0.1) is 0 Å².